The third-order valence-electron chi connectivity index (χ3n) is 3.32. The van der Waals surface area contributed by atoms with Crippen molar-refractivity contribution in [1.29, 1.82) is 0 Å². The maximum absolute atomic E-state index is 11.9. The monoisotopic (exact) mass is 393 g/mol. The van der Waals surface area contributed by atoms with E-state index in [0.29, 0.717) is 23.7 Å². The number of ether oxygens (including phenoxy) is 1. The number of halogens is 1. The summed E-state index contributed by atoms with van der Waals surface area (Å²) in [6.07, 6.45) is 2.81. The van der Waals surface area contributed by atoms with Crippen LogP contribution in [0.2, 0.25) is 0 Å². The van der Waals surface area contributed by atoms with Crippen LogP contribution in [0.3, 0.4) is 0 Å². The van der Waals surface area contributed by atoms with Crippen molar-refractivity contribution in [3.05, 3.63) is 47.1 Å². The highest BCUT2D eigenvalue weighted by Gasteiger charge is 2.10. The van der Waals surface area contributed by atoms with Gasteiger partial charge in [0.25, 0.3) is 0 Å². The van der Waals surface area contributed by atoms with Crippen LogP contribution in [0.25, 0.3) is 0 Å². The van der Waals surface area contributed by atoms with E-state index in [1.54, 1.807) is 12.1 Å². The number of nitrogens with one attached hydrogen (secondary N) is 2. The largest absolute Gasteiger partial charge is 0.439 e. The van der Waals surface area contributed by atoms with Crippen molar-refractivity contribution >= 4 is 27.6 Å². The molecule has 0 saturated heterocycles. The second-order valence-electron chi connectivity index (χ2n) is 5.16. The standard InChI is InChI=1S/C17H20BrN3O3/c1-2-13(8-9-22)20-17(23)21-14-6-7-16(19-11-14)24-15-5-3-4-12(18)10-15/h3-7,10-11,13,22H,2,8-9H2,1H3,(H2,20,21,23). The van der Waals surface area contributed by atoms with Crippen LogP contribution in [-0.2, 0) is 0 Å². The van der Waals surface area contributed by atoms with E-state index in [1.165, 1.54) is 6.20 Å². The molecule has 7 heteroatoms. The number of urea groups is 1. The molecule has 0 saturated carbocycles. The fraction of sp³-hybridized carbons (Fsp3) is 0.294. The number of carbonyl (C=O) groups is 1. The second kappa shape index (κ2) is 9.24. The second-order valence-corrected chi connectivity index (χ2v) is 6.08. The number of nitrogens with zero attached hydrogens (tertiary/aromatic N) is 1. The molecule has 2 amide bonds. The van der Waals surface area contributed by atoms with E-state index in [9.17, 15) is 4.79 Å². The quantitative estimate of drug-likeness (QED) is 0.665. The first-order chi connectivity index (χ1) is 11.6. The van der Waals surface area contributed by atoms with Crippen LogP contribution in [0.5, 0.6) is 11.6 Å². The molecule has 1 unspecified atom stereocenters. The van der Waals surface area contributed by atoms with Crippen molar-refractivity contribution in [2.45, 2.75) is 25.8 Å². The van der Waals surface area contributed by atoms with Gasteiger partial charge < -0.3 is 20.5 Å². The Hall–Kier alpha value is -2.12. The molecule has 0 bridgehead atoms. The van der Waals surface area contributed by atoms with Crippen LogP contribution in [0.4, 0.5) is 10.5 Å². The molecule has 0 radical (unpaired) electrons. The normalized spacial score (nSPS) is 11.6. The molecule has 128 valence electrons. The molecule has 0 spiro atoms. The van der Waals surface area contributed by atoms with E-state index in [2.05, 4.69) is 31.5 Å². The van der Waals surface area contributed by atoms with E-state index in [4.69, 9.17) is 9.84 Å². The molecule has 24 heavy (non-hydrogen) atoms. The van der Waals surface area contributed by atoms with Crippen LogP contribution in [0.15, 0.2) is 47.1 Å². The smallest absolute Gasteiger partial charge is 0.319 e. The number of hydrogen-bond acceptors (Lipinski definition) is 4. The fourth-order valence-electron chi connectivity index (χ4n) is 2.05. The highest BCUT2D eigenvalue weighted by Crippen LogP contribution is 2.23. The number of aromatic nitrogens is 1. The Balaban J connectivity index is 1.90. The summed E-state index contributed by atoms with van der Waals surface area (Å²) in [5, 5.41) is 14.5. The first-order valence-corrected chi connectivity index (χ1v) is 8.48. The molecule has 1 heterocycles. The van der Waals surface area contributed by atoms with Gasteiger partial charge >= 0.3 is 6.03 Å². The summed E-state index contributed by atoms with van der Waals surface area (Å²) >= 11 is 3.38. The number of rotatable bonds is 7. The molecular weight excluding hydrogens is 374 g/mol. The zero-order valence-corrected chi connectivity index (χ0v) is 14.9. The van der Waals surface area contributed by atoms with Crippen LogP contribution in [0.1, 0.15) is 19.8 Å². The lowest BCUT2D eigenvalue weighted by Crippen LogP contribution is -2.38. The minimum Gasteiger partial charge on any atom is -0.439 e. The summed E-state index contributed by atoms with van der Waals surface area (Å²) in [5.74, 6) is 1.11. The highest BCUT2D eigenvalue weighted by atomic mass is 79.9. The van der Waals surface area contributed by atoms with E-state index < -0.39 is 0 Å². The van der Waals surface area contributed by atoms with E-state index in [1.807, 2.05) is 31.2 Å². The molecule has 0 aliphatic carbocycles. The average molecular weight is 394 g/mol. The zero-order chi connectivity index (χ0) is 17.4. The number of aliphatic hydroxyl groups excluding tert-OH is 1. The number of amides is 2. The van der Waals surface area contributed by atoms with Gasteiger partial charge in [-0.2, -0.15) is 0 Å². The number of carbonyl (C=O) groups excluding carboxylic acids is 1. The zero-order valence-electron chi connectivity index (χ0n) is 13.3. The number of pyridine rings is 1. The van der Waals surface area contributed by atoms with Crippen molar-refractivity contribution in [2.75, 3.05) is 11.9 Å². The molecule has 0 aliphatic rings. The first kappa shape index (κ1) is 18.2. The first-order valence-electron chi connectivity index (χ1n) is 7.68. The minimum atomic E-state index is -0.322. The molecule has 1 aromatic heterocycles. The van der Waals surface area contributed by atoms with Crippen LogP contribution in [0, 0.1) is 0 Å². The summed E-state index contributed by atoms with van der Waals surface area (Å²) in [6.45, 7) is 2.00. The lowest BCUT2D eigenvalue weighted by molar-refractivity contribution is 0.237. The maximum Gasteiger partial charge on any atom is 0.319 e. The van der Waals surface area contributed by atoms with Crippen molar-refractivity contribution in [3.8, 4) is 11.6 Å². The maximum atomic E-state index is 11.9. The van der Waals surface area contributed by atoms with Gasteiger partial charge in [0, 0.05) is 23.2 Å². The van der Waals surface area contributed by atoms with Gasteiger partial charge in [0.2, 0.25) is 5.88 Å². The van der Waals surface area contributed by atoms with E-state index >= 15 is 0 Å². The van der Waals surface area contributed by atoms with Crippen molar-refractivity contribution in [1.82, 2.24) is 10.3 Å². The molecule has 0 aliphatic heterocycles. The van der Waals surface area contributed by atoms with Gasteiger partial charge in [-0.3, -0.25) is 0 Å². The molecule has 1 aromatic carbocycles. The molecular formula is C17H20BrN3O3. The SMILES string of the molecule is CCC(CCO)NC(=O)Nc1ccc(Oc2cccc(Br)c2)nc1. The van der Waals surface area contributed by atoms with E-state index in [0.717, 1.165) is 10.9 Å². The number of hydrogen-bond donors (Lipinski definition) is 3. The molecule has 0 fully saturated rings. The summed E-state index contributed by atoms with van der Waals surface area (Å²) < 4.78 is 6.56. The van der Waals surface area contributed by atoms with Crippen LogP contribution >= 0.6 is 15.9 Å². The summed E-state index contributed by atoms with van der Waals surface area (Å²) in [7, 11) is 0. The Kier molecular flexibility index (Phi) is 7.02. The van der Waals surface area contributed by atoms with Crippen molar-refractivity contribution in [2.24, 2.45) is 0 Å². The Bertz CT molecular complexity index is 664. The van der Waals surface area contributed by atoms with Crippen molar-refractivity contribution in [3.63, 3.8) is 0 Å². The predicted molar refractivity (Wildman–Crippen MR) is 96.4 cm³/mol. The van der Waals surface area contributed by atoms with Gasteiger partial charge in [-0.1, -0.05) is 28.9 Å². The van der Waals surface area contributed by atoms with Gasteiger partial charge in [-0.25, -0.2) is 9.78 Å². The highest BCUT2D eigenvalue weighted by molar-refractivity contribution is 9.10. The molecule has 2 aromatic rings. The topological polar surface area (TPSA) is 83.5 Å². The van der Waals surface area contributed by atoms with Gasteiger partial charge in [0.1, 0.15) is 5.75 Å². The number of aliphatic hydroxyl groups is 1. The molecule has 6 nitrogen and oxygen atoms in total. The number of anilines is 1. The Morgan fingerprint density at radius 1 is 1.38 bits per heavy atom. The van der Waals surface area contributed by atoms with Gasteiger partial charge in [-0.15, -0.1) is 0 Å². The third kappa shape index (κ3) is 5.82. The molecule has 1 atom stereocenters. The number of benzene rings is 1. The lowest BCUT2D eigenvalue weighted by atomic mass is 10.2. The average Bonchev–Trinajstić information content (AvgIpc) is 2.56. The summed E-state index contributed by atoms with van der Waals surface area (Å²) in [4.78, 5) is 16.1. The summed E-state index contributed by atoms with van der Waals surface area (Å²) in [5.41, 5.74) is 0.563. The predicted octanol–water partition coefficient (Wildman–Crippen LogP) is 3.92. The molecule has 3 N–H and O–H groups in total. The third-order valence-corrected chi connectivity index (χ3v) is 3.81. The molecule has 2 rings (SSSR count). The van der Waals surface area contributed by atoms with Gasteiger partial charge in [-0.05, 0) is 37.1 Å². The Morgan fingerprint density at radius 2 is 2.21 bits per heavy atom. The fourth-order valence-corrected chi connectivity index (χ4v) is 2.43. The van der Waals surface area contributed by atoms with E-state index in [-0.39, 0.29) is 18.7 Å². The van der Waals surface area contributed by atoms with Crippen LogP contribution in [-0.4, -0.2) is 28.8 Å². The minimum absolute atomic E-state index is 0.0436. The summed E-state index contributed by atoms with van der Waals surface area (Å²) in [6, 6.07) is 10.5. The Morgan fingerprint density at radius 3 is 2.83 bits per heavy atom. The van der Waals surface area contributed by atoms with Gasteiger partial charge in [0.15, 0.2) is 0 Å². The van der Waals surface area contributed by atoms with Gasteiger partial charge in [0.05, 0.1) is 11.9 Å². The Labute approximate surface area is 149 Å². The van der Waals surface area contributed by atoms with Crippen molar-refractivity contribution < 1.29 is 14.6 Å². The lowest BCUT2D eigenvalue weighted by Gasteiger charge is -2.16. The van der Waals surface area contributed by atoms with Crippen LogP contribution < -0.4 is 15.4 Å².